The highest BCUT2D eigenvalue weighted by atomic mass is 32.1. The molecule has 0 radical (unpaired) electrons. The number of nitrogens with one attached hydrogen (secondary N) is 1. The molecule has 1 aliphatic heterocycles. The fourth-order valence-corrected chi connectivity index (χ4v) is 3.39. The van der Waals surface area contributed by atoms with Crippen LogP contribution in [0.25, 0.3) is 11.4 Å². The molecule has 0 aliphatic carbocycles. The van der Waals surface area contributed by atoms with Crippen LogP contribution in [0.15, 0.2) is 24.3 Å². The van der Waals surface area contributed by atoms with Crippen LogP contribution in [0.2, 0.25) is 0 Å². The van der Waals surface area contributed by atoms with E-state index < -0.39 is 0 Å². The van der Waals surface area contributed by atoms with Crippen molar-refractivity contribution in [3.63, 3.8) is 0 Å². The molecule has 0 spiro atoms. The molecule has 0 unspecified atom stereocenters. The first-order valence-electron chi connectivity index (χ1n) is 8.21. The minimum atomic E-state index is 0.761. The maximum atomic E-state index is 5.59. The molecule has 0 saturated carbocycles. The molecule has 2 aromatic rings. The Hall–Kier alpha value is -1.66. The number of hydrogen-bond acceptors (Lipinski definition) is 3. The van der Waals surface area contributed by atoms with Crippen molar-refractivity contribution >= 4 is 12.2 Å². The zero-order valence-corrected chi connectivity index (χ0v) is 14.9. The molecule has 0 atom stereocenters. The first kappa shape index (κ1) is 16.2. The minimum absolute atomic E-state index is 0.761. The summed E-state index contributed by atoms with van der Waals surface area (Å²) >= 11 is 5.59. The van der Waals surface area contributed by atoms with Gasteiger partial charge < -0.3 is 14.2 Å². The van der Waals surface area contributed by atoms with Gasteiger partial charge in [0.05, 0.1) is 25.8 Å². The summed E-state index contributed by atoms with van der Waals surface area (Å²) in [6, 6.07) is 7.94. The number of nitrogens with zero attached hydrogens (tertiary/aromatic N) is 3. The summed E-state index contributed by atoms with van der Waals surface area (Å²) in [5.74, 6) is 2.53. The van der Waals surface area contributed by atoms with Gasteiger partial charge in [0.25, 0.3) is 0 Å². The molecular formula is C17H25N4OS+. The van der Waals surface area contributed by atoms with Gasteiger partial charge in [-0.15, -0.1) is 5.10 Å². The molecule has 0 bridgehead atoms. The predicted octanol–water partition coefficient (Wildman–Crippen LogP) is 1.90. The standard InChI is InChI=1S/C17H24N4OS/c1-13-8-10-20(11-9-13)12-21-17(23)19(2)16(18-21)14-6-4-5-7-15(14)22-3/h4-7,13H,8-12H2,1-3H3/p+1. The summed E-state index contributed by atoms with van der Waals surface area (Å²) in [4.78, 5) is 1.56. The number of quaternary nitrogens is 1. The van der Waals surface area contributed by atoms with E-state index >= 15 is 0 Å². The van der Waals surface area contributed by atoms with Crippen molar-refractivity contribution in [1.82, 2.24) is 14.3 Å². The summed E-state index contributed by atoms with van der Waals surface area (Å²) in [6.45, 7) is 5.57. The molecule has 1 N–H and O–H groups in total. The third-order valence-corrected chi connectivity index (χ3v) is 5.23. The Morgan fingerprint density at radius 1 is 1.30 bits per heavy atom. The molecule has 1 aliphatic rings. The molecule has 5 nitrogen and oxygen atoms in total. The molecule has 6 heteroatoms. The molecule has 3 rings (SSSR count). The van der Waals surface area contributed by atoms with Crippen LogP contribution in [-0.2, 0) is 13.7 Å². The fraction of sp³-hybridized carbons (Fsp3) is 0.529. The molecular weight excluding hydrogens is 308 g/mol. The highest BCUT2D eigenvalue weighted by molar-refractivity contribution is 7.71. The summed E-state index contributed by atoms with van der Waals surface area (Å²) in [7, 11) is 3.66. The average molecular weight is 333 g/mol. The topological polar surface area (TPSA) is 36.4 Å². The Morgan fingerprint density at radius 3 is 2.70 bits per heavy atom. The molecule has 1 saturated heterocycles. The van der Waals surface area contributed by atoms with E-state index in [1.165, 1.54) is 25.9 Å². The van der Waals surface area contributed by atoms with Crippen LogP contribution in [0.4, 0.5) is 0 Å². The number of ether oxygens (including phenoxy) is 1. The summed E-state index contributed by atoms with van der Waals surface area (Å²) < 4.78 is 10.2. The maximum Gasteiger partial charge on any atom is 0.202 e. The lowest BCUT2D eigenvalue weighted by Crippen LogP contribution is -3.12. The van der Waals surface area contributed by atoms with Gasteiger partial charge in [0.15, 0.2) is 12.5 Å². The second kappa shape index (κ2) is 6.84. The number of hydrogen-bond donors (Lipinski definition) is 1. The Morgan fingerprint density at radius 2 is 2.00 bits per heavy atom. The van der Waals surface area contributed by atoms with Crippen LogP contribution < -0.4 is 9.64 Å². The monoisotopic (exact) mass is 333 g/mol. The quantitative estimate of drug-likeness (QED) is 0.868. The first-order valence-corrected chi connectivity index (χ1v) is 8.61. The molecule has 1 fully saturated rings. The SMILES string of the molecule is COc1ccccc1-c1nn(C[NH+]2CCC(C)CC2)c(=S)n1C. The highest BCUT2D eigenvalue weighted by Gasteiger charge is 2.21. The fourth-order valence-electron chi connectivity index (χ4n) is 3.20. The third-order valence-electron chi connectivity index (χ3n) is 4.74. The zero-order valence-electron chi connectivity index (χ0n) is 14.1. The van der Waals surface area contributed by atoms with E-state index in [0.29, 0.717) is 0 Å². The highest BCUT2D eigenvalue weighted by Crippen LogP contribution is 2.27. The molecule has 1 aromatic heterocycles. The molecule has 23 heavy (non-hydrogen) atoms. The largest absolute Gasteiger partial charge is 0.496 e. The second-order valence-corrected chi connectivity index (χ2v) is 6.82. The van der Waals surface area contributed by atoms with Gasteiger partial charge in [-0.05, 0) is 43.1 Å². The maximum absolute atomic E-state index is 5.59. The smallest absolute Gasteiger partial charge is 0.202 e. The van der Waals surface area contributed by atoms with Crippen molar-refractivity contribution in [2.75, 3.05) is 20.2 Å². The normalized spacial score (nSPS) is 21.3. The first-order chi connectivity index (χ1) is 11.1. The van der Waals surface area contributed by atoms with Gasteiger partial charge in [0.1, 0.15) is 5.75 Å². The van der Waals surface area contributed by atoms with Gasteiger partial charge in [-0.3, -0.25) is 0 Å². The van der Waals surface area contributed by atoms with Crippen molar-refractivity contribution in [3.05, 3.63) is 29.0 Å². The Balaban J connectivity index is 1.88. The zero-order chi connectivity index (χ0) is 16.4. The number of para-hydroxylation sites is 1. The average Bonchev–Trinajstić information content (AvgIpc) is 2.85. The van der Waals surface area contributed by atoms with Crippen LogP contribution in [0.3, 0.4) is 0 Å². The van der Waals surface area contributed by atoms with Crippen molar-refractivity contribution in [2.24, 2.45) is 13.0 Å². The van der Waals surface area contributed by atoms with Crippen molar-refractivity contribution < 1.29 is 9.64 Å². The van der Waals surface area contributed by atoms with Gasteiger partial charge >= 0.3 is 0 Å². The number of piperidine rings is 1. The van der Waals surface area contributed by atoms with E-state index in [1.54, 1.807) is 12.0 Å². The number of aromatic nitrogens is 3. The summed E-state index contributed by atoms with van der Waals surface area (Å²) in [5.41, 5.74) is 0.976. The third kappa shape index (κ3) is 3.33. The van der Waals surface area contributed by atoms with Gasteiger partial charge in [0, 0.05) is 7.05 Å². The second-order valence-electron chi connectivity index (χ2n) is 6.46. The number of rotatable bonds is 4. The van der Waals surface area contributed by atoms with Crippen LogP contribution in [0.1, 0.15) is 19.8 Å². The Labute approximate surface area is 142 Å². The lowest BCUT2D eigenvalue weighted by molar-refractivity contribution is -0.929. The molecule has 2 heterocycles. The number of methoxy groups -OCH3 is 1. The van der Waals surface area contributed by atoms with Gasteiger partial charge in [0.2, 0.25) is 4.77 Å². The van der Waals surface area contributed by atoms with Gasteiger partial charge in [-0.25, -0.2) is 0 Å². The number of benzene rings is 1. The Kier molecular flexibility index (Phi) is 4.82. The minimum Gasteiger partial charge on any atom is -0.496 e. The Bertz CT molecular complexity index is 728. The van der Waals surface area contributed by atoms with Crippen LogP contribution in [0, 0.1) is 10.7 Å². The lowest BCUT2D eigenvalue weighted by atomic mass is 10.00. The molecule has 0 amide bonds. The van der Waals surface area contributed by atoms with Crippen molar-refractivity contribution in [1.29, 1.82) is 0 Å². The van der Waals surface area contributed by atoms with E-state index in [2.05, 4.69) is 6.92 Å². The van der Waals surface area contributed by atoms with E-state index in [4.69, 9.17) is 22.1 Å². The predicted molar refractivity (Wildman–Crippen MR) is 93.1 cm³/mol. The van der Waals surface area contributed by atoms with Gasteiger partial charge in [-0.1, -0.05) is 19.1 Å². The van der Waals surface area contributed by atoms with E-state index in [9.17, 15) is 0 Å². The van der Waals surface area contributed by atoms with Crippen LogP contribution in [0.5, 0.6) is 5.75 Å². The van der Waals surface area contributed by atoms with Crippen molar-refractivity contribution in [2.45, 2.75) is 26.4 Å². The van der Waals surface area contributed by atoms with Crippen LogP contribution >= 0.6 is 12.2 Å². The van der Waals surface area contributed by atoms with Crippen molar-refractivity contribution in [3.8, 4) is 17.1 Å². The summed E-state index contributed by atoms with van der Waals surface area (Å²) in [5, 5.41) is 4.78. The van der Waals surface area contributed by atoms with Crippen LogP contribution in [-0.4, -0.2) is 34.5 Å². The van der Waals surface area contributed by atoms with E-state index in [1.807, 2.05) is 40.6 Å². The van der Waals surface area contributed by atoms with E-state index in [-0.39, 0.29) is 0 Å². The summed E-state index contributed by atoms with van der Waals surface area (Å²) in [6.07, 6.45) is 2.57. The van der Waals surface area contributed by atoms with Gasteiger partial charge in [-0.2, -0.15) is 4.68 Å². The number of likely N-dealkylation sites (tertiary alicyclic amines) is 1. The van der Waals surface area contributed by atoms with E-state index in [0.717, 1.165) is 34.5 Å². The molecule has 1 aromatic carbocycles. The lowest BCUT2D eigenvalue weighted by Gasteiger charge is -2.26. The molecule has 124 valence electrons.